The first-order valence-corrected chi connectivity index (χ1v) is 8.13. The lowest BCUT2D eigenvalue weighted by Gasteiger charge is -2.05. The van der Waals surface area contributed by atoms with E-state index in [1.807, 2.05) is 35.7 Å². The van der Waals surface area contributed by atoms with Crippen molar-refractivity contribution in [3.8, 4) is 16.5 Å². The number of nitrogens with zero attached hydrogens (tertiary/aromatic N) is 2. The van der Waals surface area contributed by atoms with E-state index in [-0.39, 0.29) is 6.61 Å². The fourth-order valence-electron chi connectivity index (χ4n) is 1.55. The van der Waals surface area contributed by atoms with Crippen molar-refractivity contribution in [3.05, 3.63) is 50.5 Å². The Labute approximate surface area is 136 Å². The van der Waals surface area contributed by atoms with E-state index < -0.39 is 0 Å². The lowest BCUT2D eigenvalue weighted by molar-refractivity contribution is 0.285. The minimum Gasteiger partial charge on any atom is -0.484 e. The van der Waals surface area contributed by atoms with Crippen molar-refractivity contribution in [1.82, 2.24) is 10.1 Å². The molecule has 0 fully saturated rings. The summed E-state index contributed by atoms with van der Waals surface area (Å²) < 4.78 is 12.7. The van der Waals surface area contributed by atoms with Crippen molar-refractivity contribution >= 4 is 43.2 Å². The van der Waals surface area contributed by atoms with Crippen LogP contribution in [0.5, 0.6) is 5.75 Å². The van der Waals surface area contributed by atoms with Crippen LogP contribution < -0.4 is 4.74 Å². The summed E-state index contributed by atoms with van der Waals surface area (Å²) >= 11 is 8.39. The fourth-order valence-corrected chi connectivity index (χ4v) is 3.35. The number of aromatic nitrogens is 2. The van der Waals surface area contributed by atoms with Gasteiger partial charge in [-0.2, -0.15) is 4.98 Å². The van der Waals surface area contributed by atoms with Gasteiger partial charge < -0.3 is 9.26 Å². The van der Waals surface area contributed by atoms with Gasteiger partial charge in [0, 0.05) is 4.47 Å². The highest BCUT2D eigenvalue weighted by molar-refractivity contribution is 9.11. The standard InChI is InChI=1S/C13H8Br2N2O2S/c14-8-3-4-10(9(15)6-8)18-7-12-16-13(19-17-12)11-2-1-5-20-11/h1-6H,7H2. The Morgan fingerprint density at radius 3 is 2.90 bits per heavy atom. The van der Waals surface area contributed by atoms with Gasteiger partial charge in [-0.25, -0.2) is 0 Å². The zero-order valence-electron chi connectivity index (χ0n) is 10.0. The molecular formula is C13H8Br2N2O2S. The van der Waals surface area contributed by atoms with E-state index in [9.17, 15) is 0 Å². The third-order valence-corrected chi connectivity index (χ3v) is 4.42. The summed E-state index contributed by atoms with van der Waals surface area (Å²) in [6.45, 7) is 0.259. The first kappa shape index (κ1) is 13.8. The Hall–Kier alpha value is -1.18. The van der Waals surface area contributed by atoms with Crippen LogP contribution in [0.2, 0.25) is 0 Å². The number of ether oxygens (including phenoxy) is 1. The topological polar surface area (TPSA) is 48.2 Å². The Balaban J connectivity index is 1.70. The molecule has 0 amide bonds. The minimum atomic E-state index is 0.259. The fraction of sp³-hybridized carbons (Fsp3) is 0.0769. The van der Waals surface area contributed by atoms with Crippen molar-refractivity contribution in [3.63, 3.8) is 0 Å². The molecule has 0 aliphatic rings. The highest BCUT2D eigenvalue weighted by Crippen LogP contribution is 2.29. The number of thiophene rings is 1. The molecular weight excluding hydrogens is 408 g/mol. The van der Waals surface area contributed by atoms with E-state index in [4.69, 9.17) is 9.26 Å². The molecule has 3 aromatic rings. The van der Waals surface area contributed by atoms with Crippen molar-refractivity contribution in [2.75, 3.05) is 0 Å². The maximum absolute atomic E-state index is 5.66. The molecule has 0 aliphatic carbocycles. The average Bonchev–Trinajstić information content (AvgIpc) is 3.08. The summed E-state index contributed by atoms with van der Waals surface area (Å²) in [6.07, 6.45) is 0. The zero-order valence-corrected chi connectivity index (χ0v) is 14.0. The summed E-state index contributed by atoms with van der Waals surface area (Å²) in [6, 6.07) is 9.58. The first-order chi connectivity index (χ1) is 9.72. The molecule has 0 saturated heterocycles. The third-order valence-electron chi connectivity index (χ3n) is 2.45. The van der Waals surface area contributed by atoms with Crippen LogP contribution in [0.25, 0.3) is 10.8 Å². The van der Waals surface area contributed by atoms with Crippen molar-refractivity contribution < 1.29 is 9.26 Å². The SMILES string of the molecule is Brc1ccc(OCc2noc(-c3cccs3)n2)c(Br)c1. The molecule has 2 aromatic heterocycles. The molecule has 2 heterocycles. The normalized spacial score (nSPS) is 10.7. The first-order valence-electron chi connectivity index (χ1n) is 5.67. The summed E-state index contributed by atoms with van der Waals surface area (Å²) in [4.78, 5) is 5.25. The van der Waals surface area contributed by atoms with Gasteiger partial charge in [0.2, 0.25) is 5.82 Å². The van der Waals surface area contributed by atoms with Crippen LogP contribution in [0.3, 0.4) is 0 Å². The van der Waals surface area contributed by atoms with Crippen molar-refractivity contribution in [1.29, 1.82) is 0 Å². The maximum atomic E-state index is 5.66. The molecule has 0 N–H and O–H groups in total. The van der Waals surface area contributed by atoms with Crippen molar-refractivity contribution in [2.45, 2.75) is 6.61 Å². The number of hydrogen-bond acceptors (Lipinski definition) is 5. The van der Waals surface area contributed by atoms with Crippen LogP contribution in [0.1, 0.15) is 5.82 Å². The van der Waals surface area contributed by atoms with Crippen LogP contribution >= 0.6 is 43.2 Å². The molecule has 0 unspecified atom stereocenters. The molecule has 20 heavy (non-hydrogen) atoms. The van der Waals surface area contributed by atoms with Gasteiger partial charge in [0.25, 0.3) is 5.89 Å². The quantitative estimate of drug-likeness (QED) is 0.607. The summed E-state index contributed by atoms with van der Waals surface area (Å²) in [7, 11) is 0. The Kier molecular flexibility index (Phi) is 4.18. The van der Waals surface area contributed by atoms with Crippen molar-refractivity contribution in [2.24, 2.45) is 0 Å². The van der Waals surface area contributed by atoms with E-state index in [1.165, 1.54) is 0 Å². The lowest BCUT2D eigenvalue weighted by Crippen LogP contribution is -1.98. The van der Waals surface area contributed by atoms with E-state index in [0.29, 0.717) is 11.7 Å². The van der Waals surface area contributed by atoms with Crippen LogP contribution in [0, 0.1) is 0 Å². The second kappa shape index (κ2) is 6.07. The monoisotopic (exact) mass is 414 g/mol. The Bertz CT molecular complexity index is 713. The summed E-state index contributed by atoms with van der Waals surface area (Å²) in [5.74, 6) is 1.77. The lowest BCUT2D eigenvalue weighted by atomic mass is 10.3. The van der Waals surface area contributed by atoms with E-state index >= 15 is 0 Å². The molecule has 0 atom stereocenters. The number of halogens is 2. The van der Waals surface area contributed by atoms with Crippen LogP contribution in [-0.2, 0) is 6.61 Å². The summed E-state index contributed by atoms with van der Waals surface area (Å²) in [5, 5.41) is 5.87. The third kappa shape index (κ3) is 3.11. The molecule has 7 heteroatoms. The molecule has 0 aliphatic heterocycles. The van der Waals surface area contributed by atoms with Gasteiger partial charge >= 0.3 is 0 Å². The highest BCUT2D eigenvalue weighted by Gasteiger charge is 2.10. The zero-order chi connectivity index (χ0) is 13.9. The van der Waals surface area contributed by atoms with E-state index in [0.717, 1.165) is 19.6 Å². The molecule has 0 bridgehead atoms. The van der Waals surface area contributed by atoms with Gasteiger partial charge in [0.1, 0.15) is 5.75 Å². The van der Waals surface area contributed by atoms with Crippen LogP contribution in [-0.4, -0.2) is 10.1 Å². The number of rotatable bonds is 4. The summed E-state index contributed by atoms with van der Waals surface area (Å²) in [5.41, 5.74) is 0. The van der Waals surface area contributed by atoms with Crippen LogP contribution in [0.4, 0.5) is 0 Å². The van der Waals surface area contributed by atoms with Gasteiger partial charge in [-0.1, -0.05) is 27.2 Å². The molecule has 0 saturated carbocycles. The minimum absolute atomic E-state index is 0.259. The highest BCUT2D eigenvalue weighted by atomic mass is 79.9. The smallest absolute Gasteiger partial charge is 0.268 e. The van der Waals surface area contributed by atoms with E-state index in [1.54, 1.807) is 11.3 Å². The van der Waals surface area contributed by atoms with Gasteiger partial charge in [-0.05, 0) is 45.6 Å². The van der Waals surface area contributed by atoms with Gasteiger partial charge in [-0.15, -0.1) is 11.3 Å². The molecule has 0 radical (unpaired) electrons. The predicted octanol–water partition coefficient (Wildman–Crippen LogP) is 4.90. The molecule has 4 nitrogen and oxygen atoms in total. The average molecular weight is 416 g/mol. The number of hydrogen-bond donors (Lipinski definition) is 0. The largest absolute Gasteiger partial charge is 0.484 e. The molecule has 0 spiro atoms. The number of benzene rings is 1. The van der Waals surface area contributed by atoms with Crippen LogP contribution in [0.15, 0.2) is 49.2 Å². The maximum Gasteiger partial charge on any atom is 0.268 e. The van der Waals surface area contributed by atoms with Gasteiger partial charge in [0.15, 0.2) is 6.61 Å². The van der Waals surface area contributed by atoms with Gasteiger partial charge in [0.05, 0.1) is 9.35 Å². The second-order valence-electron chi connectivity index (χ2n) is 3.86. The second-order valence-corrected chi connectivity index (χ2v) is 6.57. The predicted molar refractivity (Wildman–Crippen MR) is 83.8 cm³/mol. The Morgan fingerprint density at radius 2 is 2.15 bits per heavy atom. The molecule has 102 valence electrons. The molecule has 1 aromatic carbocycles. The molecule has 3 rings (SSSR count). The van der Waals surface area contributed by atoms with E-state index in [2.05, 4.69) is 42.0 Å². The van der Waals surface area contributed by atoms with Gasteiger partial charge in [-0.3, -0.25) is 0 Å². The Morgan fingerprint density at radius 1 is 1.25 bits per heavy atom.